The molecule has 0 radical (unpaired) electrons. The third kappa shape index (κ3) is 2.96. The molecule has 0 bridgehead atoms. The zero-order valence-corrected chi connectivity index (χ0v) is 15.3. The Morgan fingerprint density at radius 1 is 1.15 bits per heavy atom. The third-order valence-corrected chi connectivity index (χ3v) is 5.40. The van der Waals surface area contributed by atoms with Gasteiger partial charge in [-0.15, -0.1) is 0 Å². The summed E-state index contributed by atoms with van der Waals surface area (Å²) in [6, 6.07) is 16.4. The van der Waals surface area contributed by atoms with Gasteiger partial charge in [0.15, 0.2) is 0 Å². The molecule has 4 heteroatoms. The van der Waals surface area contributed by atoms with Gasteiger partial charge in [-0.25, -0.2) is 0 Å². The van der Waals surface area contributed by atoms with Crippen molar-refractivity contribution in [1.82, 2.24) is 9.47 Å². The molecule has 4 rings (SSSR count). The predicted octanol–water partition coefficient (Wildman–Crippen LogP) is 4.72. The monoisotopic (exact) mass is 348 g/mol. The molecule has 1 atom stereocenters. The fourth-order valence-corrected chi connectivity index (χ4v) is 4.01. The average Bonchev–Trinajstić information content (AvgIpc) is 3.39. The van der Waals surface area contributed by atoms with Crippen LogP contribution in [0.15, 0.2) is 59.2 Å². The van der Waals surface area contributed by atoms with E-state index in [2.05, 4.69) is 16.7 Å². The van der Waals surface area contributed by atoms with Gasteiger partial charge in [-0.1, -0.05) is 30.3 Å². The van der Waals surface area contributed by atoms with Crippen LogP contribution in [0, 0.1) is 13.8 Å². The number of furan rings is 1. The number of carbonyl (C=O) groups is 1. The number of rotatable bonds is 4. The van der Waals surface area contributed by atoms with Crippen LogP contribution in [0.2, 0.25) is 0 Å². The summed E-state index contributed by atoms with van der Waals surface area (Å²) in [6.07, 6.45) is 3.77. The Hall–Kier alpha value is -2.75. The first-order valence-corrected chi connectivity index (χ1v) is 9.20. The van der Waals surface area contributed by atoms with Crippen molar-refractivity contribution in [1.29, 1.82) is 0 Å². The lowest BCUT2D eigenvalue weighted by molar-refractivity contribution is 0.0734. The molecule has 0 saturated carbocycles. The normalized spacial score (nSPS) is 17.0. The van der Waals surface area contributed by atoms with Crippen molar-refractivity contribution >= 4 is 5.91 Å². The highest BCUT2D eigenvalue weighted by Gasteiger charge is 2.32. The minimum atomic E-state index is 0.134. The van der Waals surface area contributed by atoms with Crippen LogP contribution >= 0.6 is 0 Å². The molecule has 1 saturated heterocycles. The molecule has 1 fully saturated rings. The molecule has 26 heavy (non-hydrogen) atoms. The fraction of sp³-hybridized carbons (Fsp3) is 0.318. The summed E-state index contributed by atoms with van der Waals surface area (Å²) in [4.78, 5) is 15.3. The van der Waals surface area contributed by atoms with E-state index in [1.54, 1.807) is 6.26 Å². The first-order valence-electron chi connectivity index (χ1n) is 9.20. The highest BCUT2D eigenvalue weighted by Crippen LogP contribution is 2.34. The molecule has 1 aromatic carbocycles. The number of benzene rings is 1. The van der Waals surface area contributed by atoms with E-state index in [-0.39, 0.29) is 11.9 Å². The number of likely N-dealkylation sites (tertiary alicyclic amines) is 1. The Morgan fingerprint density at radius 3 is 2.69 bits per heavy atom. The lowest BCUT2D eigenvalue weighted by Gasteiger charge is -2.25. The van der Waals surface area contributed by atoms with Gasteiger partial charge in [-0.3, -0.25) is 4.79 Å². The second-order valence-corrected chi connectivity index (χ2v) is 7.02. The van der Waals surface area contributed by atoms with Gasteiger partial charge < -0.3 is 13.9 Å². The molecule has 3 aromatic rings. The van der Waals surface area contributed by atoms with Crippen molar-refractivity contribution in [2.24, 2.45) is 0 Å². The van der Waals surface area contributed by atoms with E-state index < -0.39 is 0 Å². The van der Waals surface area contributed by atoms with Crippen LogP contribution in [-0.4, -0.2) is 21.9 Å². The summed E-state index contributed by atoms with van der Waals surface area (Å²) in [6.45, 7) is 5.54. The summed E-state index contributed by atoms with van der Waals surface area (Å²) in [5.41, 5.74) is 4.11. The SMILES string of the molecule is Cc1cc(C(=O)N2CCCC2c2ccccc2)c(C)n1Cc1ccco1. The van der Waals surface area contributed by atoms with Crippen molar-refractivity contribution in [3.63, 3.8) is 0 Å². The third-order valence-electron chi connectivity index (χ3n) is 5.40. The second kappa shape index (κ2) is 6.87. The lowest BCUT2D eigenvalue weighted by atomic mass is 10.0. The Bertz CT molecular complexity index is 894. The minimum absolute atomic E-state index is 0.134. The number of aryl methyl sites for hydroxylation is 1. The maximum absolute atomic E-state index is 13.3. The molecule has 3 heterocycles. The van der Waals surface area contributed by atoms with Crippen LogP contribution in [0.4, 0.5) is 0 Å². The molecule has 2 aromatic heterocycles. The molecule has 0 aliphatic carbocycles. The van der Waals surface area contributed by atoms with Crippen molar-refractivity contribution in [2.75, 3.05) is 6.54 Å². The van der Waals surface area contributed by atoms with Crippen molar-refractivity contribution in [3.8, 4) is 0 Å². The molecule has 0 spiro atoms. The molecular formula is C22H24N2O2. The molecular weight excluding hydrogens is 324 g/mol. The van der Waals surface area contributed by atoms with Crippen LogP contribution < -0.4 is 0 Å². The van der Waals surface area contributed by atoms with Gasteiger partial charge in [0.1, 0.15) is 5.76 Å². The van der Waals surface area contributed by atoms with E-state index in [9.17, 15) is 4.79 Å². The van der Waals surface area contributed by atoms with Crippen molar-refractivity contribution in [3.05, 3.63) is 83.1 Å². The summed E-state index contributed by atoms with van der Waals surface area (Å²) in [5, 5.41) is 0. The van der Waals surface area contributed by atoms with E-state index in [1.165, 1.54) is 5.56 Å². The summed E-state index contributed by atoms with van der Waals surface area (Å²) >= 11 is 0. The largest absolute Gasteiger partial charge is 0.467 e. The van der Waals surface area contributed by atoms with E-state index in [0.29, 0.717) is 6.54 Å². The van der Waals surface area contributed by atoms with Crippen molar-refractivity contribution < 1.29 is 9.21 Å². The zero-order valence-electron chi connectivity index (χ0n) is 15.3. The maximum Gasteiger partial charge on any atom is 0.256 e. The van der Waals surface area contributed by atoms with Gasteiger partial charge in [-0.2, -0.15) is 0 Å². The topological polar surface area (TPSA) is 38.4 Å². The van der Waals surface area contributed by atoms with Gasteiger partial charge in [0.05, 0.1) is 24.4 Å². The molecule has 1 aliphatic heterocycles. The van der Waals surface area contributed by atoms with Gasteiger partial charge in [0, 0.05) is 17.9 Å². The van der Waals surface area contributed by atoms with E-state index in [4.69, 9.17) is 4.42 Å². The average molecular weight is 348 g/mol. The number of hydrogen-bond acceptors (Lipinski definition) is 2. The number of amides is 1. The Morgan fingerprint density at radius 2 is 1.96 bits per heavy atom. The summed E-state index contributed by atoms with van der Waals surface area (Å²) in [5.74, 6) is 1.03. The number of hydrogen-bond donors (Lipinski definition) is 0. The fourth-order valence-electron chi connectivity index (χ4n) is 4.01. The smallest absolute Gasteiger partial charge is 0.256 e. The summed E-state index contributed by atoms with van der Waals surface area (Å²) in [7, 11) is 0. The van der Waals surface area contributed by atoms with Crippen LogP contribution in [0.5, 0.6) is 0 Å². The van der Waals surface area contributed by atoms with Crippen LogP contribution in [0.3, 0.4) is 0 Å². The highest BCUT2D eigenvalue weighted by atomic mass is 16.3. The molecule has 0 N–H and O–H groups in total. The number of aromatic nitrogens is 1. The Balaban J connectivity index is 1.62. The predicted molar refractivity (Wildman–Crippen MR) is 101 cm³/mol. The Labute approximate surface area is 154 Å². The maximum atomic E-state index is 13.3. The number of carbonyl (C=O) groups excluding carboxylic acids is 1. The standard InChI is InChI=1S/C22H24N2O2/c1-16-14-20(17(2)24(16)15-19-10-7-13-26-19)22(25)23-12-6-11-21(23)18-8-4-3-5-9-18/h3-5,7-10,13-14,21H,6,11-12,15H2,1-2H3. The van der Waals surface area contributed by atoms with Crippen molar-refractivity contribution in [2.45, 2.75) is 39.3 Å². The quantitative estimate of drug-likeness (QED) is 0.684. The van der Waals surface area contributed by atoms with Gasteiger partial charge in [0.2, 0.25) is 0 Å². The lowest BCUT2D eigenvalue weighted by Crippen LogP contribution is -2.30. The summed E-state index contributed by atoms with van der Waals surface area (Å²) < 4.78 is 7.63. The molecule has 134 valence electrons. The Kier molecular flexibility index (Phi) is 4.41. The van der Waals surface area contributed by atoms with Crippen LogP contribution in [-0.2, 0) is 6.54 Å². The van der Waals surface area contributed by atoms with Gasteiger partial charge in [0.25, 0.3) is 5.91 Å². The van der Waals surface area contributed by atoms with Crippen LogP contribution in [0.25, 0.3) is 0 Å². The first kappa shape index (κ1) is 16.7. The van der Waals surface area contributed by atoms with E-state index in [1.807, 2.05) is 55.1 Å². The highest BCUT2D eigenvalue weighted by molar-refractivity contribution is 5.96. The first-order chi connectivity index (χ1) is 12.6. The molecule has 1 aliphatic rings. The molecule has 1 unspecified atom stereocenters. The van der Waals surface area contributed by atoms with Crippen LogP contribution in [0.1, 0.15) is 52.0 Å². The van der Waals surface area contributed by atoms with Gasteiger partial charge in [-0.05, 0) is 50.5 Å². The zero-order chi connectivity index (χ0) is 18.1. The number of nitrogens with zero attached hydrogens (tertiary/aromatic N) is 2. The van der Waals surface area contributed by atoms with E-state index >= 15 is 0 Å². The second-order valence-electron chi connectivity index (χ2n) is 7.02. The van der Waals surface area contributed by atoms with E-state index in [0.717, 1.165) is 42.1 Å². The van der Waals surface area contributed by atoms with Gasteiger partial charge >= 0.3 is 0 Å². The molecule has 1 amide bonds. The minimum Gasteiger partial charge on any atom is -0.467 e. The molecule has 4 nitrogen and oxygen atoms in total.